The lowest BCUT2D eigenvalue weighted by atomic mass is 10.1. The Hall–Kier alpha value is -1.45. The zero-order valence-electron chi connectivity index (χ0n) is 9.08. The molecule has 19 heavy (non-hydrogen) atoms. The van der Waals surface area contributed by atoms with Gasteiger partial charge in [-0.3, -0.25) is 4.79 Å². The van der Waals surface area contributed by atoms with E-state index in [1.165, 1.54) is 0 Å². The van der Waals surface area contributed by atoms with Crippen LogP contribution < -0.4 is 10.9 Å². The second-order valence-corrected chi connectivity index (χ2v) is 4.17. The molecular weight excluding hydrogens is 346 g/mol. The van der Waals surface area contributed by atoms with Crippen molar-refractivity contribution in [2.45, 2.75) is 13.1 Å². The van der Waals surface area contributed by atoms with Crippen molar-refractivity contribution in [1.29, 1.82) is 0 Å². The van der Waals surface area contributed by atoms with Crippen LogP contribution in [0.2, 0.25) is 0 Å². The number of nitrogens with zero attached hydrogens (tertiary/aromatic N) is 1. The molecule has 0 aromatic heterocycles. The van der Waals surface area contributed by atoms with Crippen LogP contribution in [-0.4, -0.2) is 5.91 Å². The second kappa shape index (κ2) is 4.91. The SMILES string of the molecule is CC(=O)N(F)c1c(N)c(F)c(Br)c(C(F)(F)F)c1F. The minimum Gasteiger partial charge on any atom is -0.394 e. The first-order chi connectivity index (χ1) is 8.50. The van der Waals surface area contributed by atoms with Gasteiger partial charge in [-0.2, -0.15) is 13.2 Å². The number of rotatable bonds is 1. The summed E-state index contributed by atoms with van der Waals surface area (Å²) < 4.78 is 76.8. The summed E-state index contributed by atoms with van der Waals surface area (Å²) in [4.78, 5) is 10.7. The zero-order chi connectivity index (χ0) is 15.1. The van der Waals surface area contributed by atoms with Crippen molar-refractivity contribution in [3.8, 4) is 0 Å². The molecule has 2 N–H and O–H groups in total. The first-order valence-corrected chi connectivity index (χ1v) is 5.29. The lowest BCUT2D eigenvalue weighted by molar-refractivity contribution is -0.140. The number of carbonyl (C=O) groups is 1. The van der Waals surface area contributed by atoms with Gasteiger partial charge in [0.1, 0.15) is 11.3 Å². The molecule has 0 aliphatic carbocycles. The van der Waals surface area contributed by atoms with Crippen LogP contribution in [0, 0.1) is 11.6 Å². The highest BCUT2D eigenvalue weighted by molar-refractivity contribution is 9.10. The van der Waals surface area contributed by atoms with Crippen LogP contribution in [0.1, 0.15) is 12.5 Å². The van der Waals surface area contributed by atoms with E-state index >= 15 is 0 Å². The Morgan fingerprint density at radius 2 is 1.74 bits per heavy atom. The van der Waals surface area contributed by atoms with Crippen LogP contribution >= 0.6 is 15.9 Å². The van der Waals surface area contributed by atoms with Gasteiger partial charge in [-0.1, -0.05) is 4.48 Å². The van der Waals surface area contributed by atoms with Crippen LogP contribution in [0.25, 0.3) is 0 Å². The molecule has 0 saturated heterocycles. The molecule has 0 atom stereocenters. The van der Waals surface area contributed by atoms with Crippen molar-refractivity contribution in [3.63, 3.8) is 0 Å². The maximum absolute atomic E-state index is 13.7. The average Bonchev–Trinajstić information content (AvgIpc) is 2.24. The molecule has 0 radical (unpaired) electrons. The first kappa shape index (κ1) is 15.6. The van der Waals surface area contributed by atoms with Gasteiger partial charge in [-0.25, -0.2) is 8.78 Å². The fourth-order valence-electron chi connectivity index (χ4n) is 1.26. The molecule has 0 unspecified atom stereocenters. The highest BCUT2D eigenvalue weighted by Crippen LogP contribution is 2.44. The largest absolute Gasteiger partial charge is 0.420 e. The number of hydrogen-bond acceptors (Lipinski definition) is 2. The van der Waals surface area contributed by atoms with Crippen molar-refractivity contribution < 1.29 is 31.2 Å². The number of amides is 1. The monoisotopic (exact) mass is 350 g/mol. The van der Waals surface area contributed by atoms with Gasteiger partial charge in [-0.15, -0.1) is 5.12 Å². The predicted molar refractivity (Wildman–Crippen MR) is 57.7 cm³/mol. The third-order valence-corrected chi connectivity index (χ3v) is 2.83. The molecule has 1 aromatic rings. The number of nitrogens with two attached hydrogens (primary N) is 1. The molecule has 106 valence electrons. The standard InChI is InChI=1S/C9H5BrF6N2O/c1-2(19)18(16)8-5(11)3(9(13,14)15)4(10)6(12)7(8)17/h17H2,1H3. The van der Waals surface area contributed by atoms with E-state index in [1.807, 2.05) is 0 Å². The maximum atomic E-state index is 13.7. The topological polar surface area (TPSA) is 46.3 Å². The summed E-state index contributed by atoms with van der Waals surface area (Å²) >= 11 is 2.20. The zero-order valence-corrected chi connectivity index (χ0v) is 10.7. The highest BCUT2D eigenvalue weighted by atomic mass is 79.9. The van der Waals surface area contributed by atoms with Gasteiger partial charge in [0.05, 0.1) is 10.2 Å². The smallest absolute Gasteiger partial charge is 0.394 e. The Morgan fingerprint density at radius 1 is 1.26 bits per heavy atom. The second-order valence-electron chi connectivity index (χ2n) is 3.38. The number of hydrogen-bond donors (Lipinski definition) is 1. The Balaban J connectivity index is 3.76. The quantitative estimate of drug-likeness (QED) is 0.364. The van der Waals surface area contributed by atoms with Crippen LogP contribution in [0.3, 0.4) is 0 Å². The van der Waals surface area contributed by atoms with E-state index in [9.17, 15) is 31.2 Å². The molecule has 1 amide bonds. The van der Waals surface area contributed by atoms with Crippen molar-refractivity contribution in [2.24, 2.45) is 0 Å². The summed E-state index contributed by atoms with van der Waals surface area (Å²) in [7, 11) is 0. The number of benzene rings is 1. The third kappa shape index (κ3) is 2.62. The minimum atomic E-state index is -5.30. The Morgan fingerprint density at radius 3 is 2.11 bits per heavy atom. The third-order valence-electron chi connectivity index (χ3n) is 2.09. The van der Waals surface area contributed by atoms with E-state index in [-0.39, 0.29) is 0 Å². The van der Waals surface area contributed by atoms with Gasteiger partial charge in [-0.05, 0) is 15.9 Å². The summed E-state index contributed by atoms with van der Waals surface area (Å²) in [5, 5.41) is -0.991. The number of carbonyl (C=O) groups excluding carboxylic acids is 1. The van der Waals surface area contributed by atoms with E-state index < -0.39 is 50.3 Å². The molecule has 3 nitrogen and oxygen atoms in total. The van der Waals surface area contributed by atoms with Crippen molar-refractivity contribution >= 4 is 33.2 Å². The molecule has 0 spiro atoms. The molecule has 10 heteroatoms. The summed E-state index contributed by atoms with van der Waals surface area (Å²) in [6.45, 7) is 0.603. The molecule has 1 rings (SSSR count). The molecule has 0 saturated carbocycles. The van der Waals surface area contributed by atoms with Crippen LogP contribution in [0.4, 0.5) is 37.8 Å². The van der Waals surface area contributed by atoms with Crippen LogP contribution in [-0.2, 0) is 11.0 Å². The van der Waals surface area contributed by atoms with E-state index in [4.69, 9.17) is 5.73 Å². The average molecular weight is 351 g/mol. The Bertz CT molecular complexity index is 545. The number of nitrogen functional groups attached to an aromatic ring is 1. The fraction of sp³-hybridized carbons (Fsp3) is 0.222. The number of halogens is 7. The molecule has 0 heterocycles. The fourth-order valence-corrected chi connectivity index (χ4v) is 1.88. The minimum absolute atomic E-state index is 0.603. The molecule has 0 fully saturated rings. The van der Waals surface area contributed by atoms with Crippen LogP contribution in [0.5, 0.6) is 0 Å². The summed E-state index contributed by atoms with van der Waals surface area (Å²) in [5.41, 5.74) is 0.0386. The van der Waals surface area contributed by atoms with Gasteiger partial charge in [0, 0.05) is 6.92 Å². The van der Waals surface area contributed by atoms with Gasteiger partial charge in [0.25, 0.3) is 5.91 Å². The van der Waals surface area contributed by atoms with E-state index in [0.29, 0.717) is 6.92 Å². The number of anilines is 2. The predicted octanol–water partition coefficient (Wildman–Crippen LogP) is 3.57. The van der Waals surface area contributed by atoms with E-state index in [2.05, 4.69) is 15.9 Å². The molecule has 0 bridgehead atoms. The van der Waals surface area contributed by atoms with E-state index in [1.54, 1.807) is 0 Å². The highest BCUT2D eigenvalue weighted by Gasteiger charge is 2.42. The number of alkyl halides is 3. The molecule has 0 aliphatic rings. The normalized spacial score (nSPS) is 11.6. The van der Waals surface area contributed by atoms with Gasteiger partial charge < -0.3 is 5.73 Å². The molecule has 1 aromatic carbocycles. The maximum Gasteiger partial charge on any atom is 0.420 e. The lowest BCUT2D eigenvalue weighted by Gasteiger charge is -2.19. The summed E-state index contributed by atoms with van der Waals surface area (Å²) in [6.07, 6.45) is -5.30. The lowest BCUT2D eigenvalue weighted by Crippen LogP contribution is -2.24. The summed E-state index contributed by atoms with van der Waals surface area (Å²) in [5.74, 6) is -5.36. The summed E-state index contributed by atoms with van der Waals surface area (Å²) in [6, 6.07) is 0. The van der Waals surface area contributed by atoms with Crippen molar-refractivity contribution in [3.05, 3.63) is 21.7 Å². The van der Waals surface area contributed by atoms with Crippen LogP contribution in [0.15, 0.2) is 4.47 Å². The Labute approximate surface area is 111 Å². The van der Waals surface area contributed by atoms with Gasteiger partial charge in [0.15, 0.2) is 11.6 Å². The van der Waals surface area contributed by atoms with Gasteiger partial charge in [0.2, 0.25) is 0 Å². The van der Waals surface area contributed by atoms with Crippen molar-refractivity contribution in [1.82, 2.24) is 0 Å². The first-order valence-electron chi connectivity index (χ1n) is 4.49. The molecular formula is C9H5BrF6N2O. The molecule has 0 aliphatic heterocycles. The Kier molecular flexibility index (Phi) is 4.03. The van der Waals surface area contributed by atoms with E-state index in [0.717, 1.165) is 0 Å². The van der Waals surface area contributed by atoms with Gasteiger partial charge >= 0.3 is 6.18 Å². The van der Waals surface area contributed by atoms with Crippen molar-refractivity contribution in [2.75, 3.05) is 10.9 Å².